The van der Waals surface area contributed by atoms with Crippen molar-refractivity contribution in [2.75, 3.05) is 6.26 Å². The molecule has 0 bridgehead atoms. The van der Waals surface area contributed by atoms with Crippen molar-refractivity contribution >= 4 is 46.9 Å². The molecule has 3 aromatic heterocycles. The summed E-state index contributed by atoms with van der Waals surface area (Å²) in [6, 6.07) is 12.0. The van der Waals surface area contributed by atoms with E-state index in [0.29, 0.717) is 42.3 Å². The summed E-state index contributed by atoms with van der Waals surface area (Å²) in [5.41, 5.74) is 1.69. The highest BCUT2D eigenvalue weighted by molar-refractivity contribution is 7.99. The monoisotopic (exact) mass is 594 g/mol. The maximum absolute atomic E-state index is 13.8. The number of aromatic nitrogens is 3. The molecule has 206 valence electrons. The number of rotatable bonds is 7. The molecule has 0 saturated heterocycles. The van der Waals surface area contributed by atoms with E-state index in [0.717, 1.165) is 10.5 Å². The number of thioether (sulfide) groups is 1. The second-order valence-electron chi connectivity index (χ2n) is 9.26. The number of carbonyl (C=O) groups excluding carboxylic acids is 1. The van der Waals surface area contributed by atoms with Gasteiger partial charge in [-0.15, -0.1) is 11.8 Å². The number of aromatic amines is 1. The smallest absolute Gasteiger partial charge is 0.338 e. The standard InChI is InChI=1S/C28H26N4O5S3/c1-14(2)36-26(35)23-16(4)30-28-32(24(23)17-6-9-19(38-5)10-7-17)25(34)20(39-28)13-18-8-11-22(37-18)40-27-29-15(3)12-21(33)31-27/h6-14,24H,1-5H3,(H,29,31,33)/b20-13-. The highest BCUT2D eigenvalue weighted by Gasteiger charge is 2.33. The van der Waals surface area contributed by atoms with Gasteiger partial charge in [-0.3, -0.25) is 14.2 Å². The summed E-state index contributed by atoms with van der Waals surface area (Å²) in [5, 5.41) is 0.920. The van der Waals surface area contributed by atoms with Gasteiger partial charge in [0, 0.05) is 22.7 Å². The van der Waals surface area contributed by atoms with Crippen molar-refractivity contribution in [3.05, 3.63) is 101 Å². The fourth-order valence-electron chi connectivity index (χ4n) is 4.25. The predicted molar refractivity (Wildman–Crippen MR) is 156 cm³/mol. The molecule has 1 unspecified atom stereocenters. The van der Waals surface area contributed by atoms with Crippen molar-refractivity contribution < 1.29 is 13.9 Å². The molecular weight excluding hydrogens is 569 g/mol. The number of ether oxygens (including phenoxy) is 1. The third-order valence-electron chi connectivity index (χ3n) is 5.94. The SMILES string of the molecule is CSc1ccc(C2C(C(=O)OC(C)C)=C(C)N=c3s/c(=C\c4ccc(Sc5nc(C)cc(=O)[nH]5)o4)c(=O)n32)cc1. The van der Waals surface area contributed by atoms with E-state index in [2.05, 4.69) is 15.0 Å². The van der Waals surface area contributed by atoms with Crippen LogP contribution >= 0.6 is 34.9 Å². The molecule has 12 heteroatoms. The Bertz CT molecular complexity index is 1860. The summed E-state index contributed by atoms with van der Waals surface area (Å²) < 4.78 is 13.4. The number of nitrogens with one attached hydrogen (secondary N) is 1. The van der Waals surface area contributed by atoms with Crippen LogP contribution in [0, 0.1) is 6.92 Å². The molecule has 1 atom stereocenters. The van der Waals surface area contributed by atoms with E-state index in [-0.39, 0.29) is 17.2 Å². The van der Waals surface area contributed by atoms with E-state index in [9.17, 15) is 14.4 Å². The lowest BCUT2D eigenvalue weighted by atomic mass is 9.96. The molecule has 0 fully saturated rings. The predicted octanol–water partition coefficient (Wildman–Crippen LogP) is 4.04. The van der Waals surface area contributed by atoms with Gasteiger partial charge >= 0.3 is 5.97 Å². The summed E-state index contributed by atoms with van der Waals surface area (Å²) in [4.78, 5) is 51.9. The van der Waals surface area contributed by atoms with Gasteiger partial charge in [-0.25, -0.2) is 14.8 Å². The summed E-state index contributed by atoms with van der Waals surface area (Å²) in [6.07, 6.45) is 3.32. The van der Waals surface area contributed by atoms with Gasteiger partial charge in [-0.05, 0) is 75.5 Å². The number of aryl methyl sites for hydroxylation is 1. The first-order valence-corrected chi connectivity index (χ1v) is 15.2. The fraction of sp³-hybridized carbons (Fsp3) is 0.250. The molecule has 1 aliphatic heterocycles. The minimum absolute atomic E-state index is 0.243. The zero-order chi connectivity index (χ0) is 28.6. The molecular formula is C28H26N4O5S3. The Morgan fingerprint density at radius 1 is 1.18 bits per heavy atom. The molecule has 40 heavy (non-hydrogen) atoms. The normalized spacial score (nSPS) is 15.3. The zero-order valence-corrected chi connectivity index (χ0v) is 24.8. The molecule has 9 nitrogen and oxygen atoms in total. The lowest BCUT2D eigenvalue weighted by Gasteiger charge is -2.25. The second kappa shape index (κ2) is 11.5. The molecule has 4 heterocycles. The molecule has 1 aromatic carbocycles. The van der Waals surface area contributed by atoms with Crippen LogP contribution in [0.5, 0.6) is 0 Å². The number of thiazole rings is 1. The first-order chi connectivity index (χ1) is 19.1. The Hall–Kier alpha value is -3.61. The minimum atomic E-state index is -0.688. The van der Waals surface area contributed by atoms with Crippen LogP contribution in [0.1, 0.15) is 43.8 Å². The first kappa shape index (κ1) is 27.9. The quantitative estimate of drug-likeness (QED) is 0.193. The molecule has 0 spiro atoms. The average molecular weight is 595 g/mol. The third kappa shape index (κ3) is 5.79. The molecule has 1 N–H and O–H groups in total. The van der Waals surface area contributed by atoms with E-state index >= 15 is 0 Å². The summed E-state index contributed by atoms with van der Waals surface area (Å²) in [7, 11) is 0. The Kier molecular flexibility index (Phi) is 8.02. The Balaban J connectivity index is 1.57. The van der Waals surface area contributed by atoms with Gasteiger partial charge in [0.05, 0.1) is 27.9 Å². The first-order valence-electron chi connectivity index (χ1n) is 12.4. The average Bonchev–Trinajstić information content (AvgIpc) is 3.45. The molecule has 5 rings (SSSR count). The second-order valence-corrected chi connectivity index (χ2v) is 12.1. The number of furan rings is 1. The topological polar surface area (TPSA) is 120 Å². The van der Waals surface area contributed by atoms with Gasteiger partial charge in [0.25, 0.3) is 11.1 Å². The zero-order valence-electron chi connectivity index (χ0n) is 22.4. The molecule has 0 saturated carbocycles. The number of allylic oxidation sites excluding steroid dienone is 1. The van der Waals surface area contributed by atoms with Crippen molar-refractivity contribution in [3.63, 3.8) is 0 Å². The van der Waals surface area contributed by atoms with Crippen LogP contribution in [0.25, 0.3) is 6.08 Å². The van der Waals surface area contributed by atoms with Crippen LogP contribution < -0.4 is 20.5 Å². The Morgan fingerprint density at radius 3 is 2.60 bits per heavy atom. The van der Waals surface area contributed by atoms with Gasteiger partial charge in [-0.2, -0.15) is 0 Å². The Labute approximate surface area is 241 Å². The van der Waals surface area contributed by atoms with Gasteiger partial charge in [-0.1, -0.05) is 23.5 Å². The number of esters is 1. The lowest BCUT2D eigenvalue weighted by molar-refractivity contribution is -0.143. The maximum atomic E-state index is 13.8. The highest BCUT2D eigenvalue weighted by atomic mass is 32.2. The van der Waals surface area contributed by atoms with Crippen LogP contribution in [-0.2, 0) is 9.53 Å². The van der Waals surface area contributed by atoms with E-state index < -0.39 is 12.0 Å². The summed E-state index contributed by atoms with van der Waals surface area (Å²) in [5.74, 6) is -0.0428. The largest absolute Gasteiger partial charge is 0.459 e. The number of benzene rings is 1. The fourth-order valence-corrected chi connectivity index (χ4v) is 6.49. The number of nitrogens with zero attached hydrogens (tertiary/aromatic N) is 3. The number of fused-ring (bicyclic) bond motifs is 1. The van der Waals surface area contributed by atoms with Crippen molar-refractivity contribution in [1.82, 2.24) is 14.5 Å². The number of H-pyrrole nitrogens is 1. The van der Waals surface area contributed by atoms with Gasteiger partial charge in [0.15, 0.2) is 15.1 Å². The van der Waals surface area contributed by atoms with Crippen molar-refractivity contribution in [3.8, 4) is 0 Å². The van der Waals surface area contributed by atoms with Gasteiger partial charge < -0.3 is 14.1 Å². The van der Waals surface area contributed by atoms with Crippen LogP contribution in [-0.4, -0.2) is 32.9 Å². The number of hydrogen-bond acceptors (Lipinski definition) is 10. The van der Waals surface area contributed by atoms with E-state index in [1.165, 1.54) is 29.2 Å². The summed E-state index contributed by atoms with van der Waals surface area (Å²) in [6.45, 7) is 7.07. The molecule has 0 amide bonds. The van der Waals surface area contributed by atoms with Crippen LogP contribution in [0.3, 0.4) is 0 Å². The van der Waals surface area contributed by atoms with Crippen molar-refractivity contribution in [1.29, 1.82) is 0 Å². The molecule has 1 aliphatic rings. The van der Waals surface area contributed by atoms with E-state index in [1.54, 1.807) is 62.2 Å². The van der Waals surface area contributed by atoms with Crippen LogP contribution in [0.15, 0.2) is 87.9 Å². The van der Waals surface area contributed by atoms with Crippen LogP contribution in [0.4, 0.5) is 0 Å². The third-order valence-corrected chi connectivity index (χ3v) is 8.47. The van der Waals surface area contributed by atoms with Crippen molar-refractivity contribution in [2.24, 2.45) is 4.99 Å². The van der Waals surface area contributed by atoms with E-state index in [4.69, 9.17) is 9.15 Å². The number of hydrogen-bond donors (Lipinski definition) is 1. The minimum Gasteiger partial charge on any atom is -0.459 e. The van der Waals surface area contributed by atoms with Crippen molar-refractivity contribution in [2.45, 2.75) is 55.0 Å². The maximum Gasteiger partial charge on any atom is 0.338 e. The summed E-state index contributed by atoms with van der Waals surface area (Å²) >= 11 is 4.01. The molecule has 4 aromatic rings. The van der Waals surface area contributed by atoms with Gasteiger partial charge in [0.2, 0.25) is 0 Å². The van der Waals surface area contributed by atoms with E-state index in [1.807, 2.05) is 30.5 Å². The van der Waals surface area contributed by atoms with Crippen LogP contribution in [0.2, 0.25) is 0 Å². The molecule has 0 radical (unpaired) electrons. The lowest BCUT2D eigenvalue weighted by Crippen LogP contribution is -2.40. The molecule has 0 aliphatic carbocycles. The highest BCUT2D eigenvalue weighted by Crippen LogP contribution is 2.32. The van der Waals surface area contributed by atoms with Gasteiger partial charge in [0.1, 0.15) is 5.76 Å². The number of carbonyl (C=O) groups is 1. The Morgan fingerprint density at radius 2 is 1.93 bits per heavy atom.